The Bertz CT molecular complexity index is 1100. The number of para-hydroxylation sites is 1. The molecule has 0 aliphatic carbocycles. The third kappa shape index (κ3) is 5.51. The number of carbonyl (C=O) groups excluding carboxylic acids is 2. The van der Waals surface area contributed by atoms with E-state index in [1.807, 2.05) is 52.8 Å². The van der Waals surface area contributed by atoms with Gasteiger partial charge in [0.05, 0.1) is 38.0 Å². The smallest absolute Gasteiger partial charge is 0.295 e. The summed E-state index contributed by atoms with van der Waals surface area (Å²) in [5.41, 5.74) is 2.01. The van der Waals surface area contributed by atoms with Crippen molar-refractivity contribution in [3.63, 3.8) is 0 Å². The second kappa shape index (κ2) is 11.4. The van der Waals surface area contributed by atoms with Gasteiger partial charge in [-0.05, 0) is 56.5 Å². The number of ether oxygens (including phenoxy) is 3. The van der Waals surface area contributed by atoms with E-state index in [4.69, 9.17) is 14.2 Å². The van der Waals surface area contributed by atoms with Gasteiger partial charge in [0.1, 0.15) is 17.3 Å². The maximum atomic E-state index is 13.3. The highest BCUT2D eigenvalue weighted by Gasteiger charge is 2.47. The molecule has 7 heteroatoms. The molecule has 1 N–H and O–H groups in total. The lowest BCUT2D eigenvalue weighted by Gasteiger charge is -2.27. The molecule has 1 aliphatic heterocycles. The molecule has 2 aromatic rings. The van der Waals surface area contributed by atoms with Crippen molar-refractivity contribution >= 4 is 17.4 Å². The van der Waals surface area contributed by atoms with Crippen molar-refractivity contribution in [1.82, 2.24) is 4.90 Å². The Hall–Kier alpha value is -3.32. The van der Waals surface area contributed by atoms with Gasteiger partial charge in [-0.1, -0.05) is 32.0 Å². The molecule has 1 amide bonds. The molecule has 3 rings (SSSR count). The number of ketones is 1. The van der Waals surface area contributed by atoms with Crippen LogP contribution in [0.15, 0.2) is 48.0 Å². The lowest BCUT2D eigenvalue weighted by Crippen LogP contribution is -2.33. The molecule has 7 nitrogen and oxygen atoms in total. The number of hydrogen-bond acceptors (Lipinski definition) is 6. The van der Waals surface area contributed by atoms with E-state index in [1.54, 1.807) is 24.3 Å². The highest BCUT2D eigenvalue weighted by molar-refractivity contribution is 6.46. The number of rotatable bonds is 10. The van der Waals surface area contributed by atoms with E-state index >= 15 is 0 Å². The summed E-state index contributed by atoms with van der Waals surface area (Å²) in [6.45, 7) is 10.8. The average molecular weight is 482 g/mol. The van der Waals surface area contributed by atoms with Crippen molar-refractivity contribution in [3.8, 4) is 11.5 Å². The van der Waals surface area contributed by atoms with Crippen LogP contribution in [0.5, 0.6) is 11.5 Å². The Morgan fingerprint density at radius 3 is 2.40 bits per heavy atom. The normalized spacial score (nSPS) is 17.5. The summed E-state index contributed by atoms with van der Waals surface area (Å²) in [6, 6.07) is 11.7. The molecule has 0 saturated carbocycles. The fourth-order valence-electron chi connectivity index (χ4n) is 4.30. The highest BCUT2D eigenvalue weighted by Crippen LogP contribution is 2.43. The molecule has 0 spiro atoms. The first-order valence-corrected chi connectivity index (χ1v) is 12.0. The van der Waals surface area contributed by atoms with Crippen LogP contribution >= 0.6 is 0 Å². The maximum absolute atomic E-state index is 13.3. The van der Waals surface area contributed by atoms with Crippen LogP contribution < -0.4 is 9.47 Å². The Kier molecular flexibility index (Phi) is 8.57. The van der Waals surface area contributed by atoms with E-state index in [0.29, 0.717) is 23.5 Å². The number of aliphatic hydroxyl groups excluding tert-OH is 1. The predicted octanol–water partition coefficient (Wildman–Crippen LogP) is 5.06. The summed E-state index contributed by atoms with van der Waals surface area (Å²) in [5.74, 6) is -0.254. The van der Waals surface area contributed by atoms with Crippen molar-refractivity contribution < 1.29 is 28.9 Å². The second-order valence-corrected chi connectivity index (χ2v) is 8.99. The maximum Gasteiger partial charge on any atom is 0.295 e. The van der Waals surface area contributed by atoms with E-state index in [-0.39, 0.29) is 36.5 Å². The molecule has 1 aliphatic rings. The monoisotopic (exact) mass is 481 g/mol. The Morgan fingerprint density at radius 2 is 1.77 bits per heavy atom. The van der Waals surface area contributed by atoms with Gasteiger partial charge in [-0.25, -0.2) is 0 Å². The van der Waals surface area contributed by atoms with E-state index in [1.165, 1.54) is 12.0 Å². The van der Waals surface area contributed by atoms with Crippen LogP contribution in [0, 0.1) is 0 Å². The van der Waals surface area contributed by atoms with Crippen LogP contribution in [0.25, 0.3) is 5.76 Å². The molecule has 188 valence electrons. The number of likely N-dealkylation sites (tertiary alicyclic amines) is 1. The molecule has 0 radical (unpaired) electrons. The number of methoxy groups -OCH3 is 1. The Morgan fingerprint density at radius 1 is 1.06 bits per heavy atom. The molecule has 1 fully saturated rings. The standard InChI is InChI=1S/C28H35NO6/c1-7-34-23-13-12-19(16-21(23)17(2)3)26(30)24-25(20-10-8-9-11-22(20)33-6)29(28(32)27(24)31)14-15-35-18(4)5/h8-13,16-18,25,30H,7,14-15H2,1-6H3/b26-24+. The summed E-state index contributed by atoms with van der Waals surface area (Å²) in [4.78, 5) is 27.9. The third-order valence-electron chi connectivity index (χ3n) is 5.96. The zero-order valence-corrected chi connectivity index (χ0v) is 21.3. The number of benzene rings is 2. The van der Waals surface area contributed by atoms with Gasteiger partial charge in [0.25, 0.3) is 11.7 Å². The number of hydrogen-bond donors (Lipinski definition) is 1. The van der Waals surface area contributed by atoms with E-state index in [0.717, 1.165) is 11.3 Å². The SMILES string of the molecule is CCOc1ccc(/C(O)=C2\C(=O)C(=O)N(CCOC(C)C)C2c2ccccc2OC)cc1C(C)C. The van der Waals surface area contributed by atoms with Gasteiger partial charge in [-0.2, -0.15) is 0 Å². The van der Waals surface area contributed by atoms with E-state index in [2.05, 4.69) is 0 Å². The minimum atomic E-state index is -0.809. The van der Waals surface area contributed by atoms with Crippen molar-refractivity contribution in [3.05, 3.63) is 64.7 Å². The predicted molar refractivity (Wildman–Crippen MR) is 135 cm³/mol. The lowest BCUT2D eigenvalue weighted by molar-refractivity contribution is -0.140. The van der Waals surface area contributed by atoms with Gasteiger partial charge < -0.3 is 24.2 Å². The molecular formula is C28H35NO6. The summed E-state index contributed by atoms with van der Waals surface area (Å²) in [7, 11) is 1.54. The topological polar surface area (TPSA) is 85.3 Å². The zero-order valence-electron chi connectivity index (χ0n) is 21.3. The van der Waals surface area contributed by atoms with Crippen molar-refractivity contribution in [2.75, 3.05) is 26.9 Å². The molecule has 2 aromatic carbocycles. The largest absolute Gasteiger partial charge is 0.507 e. The summed E-state index contributed by atoms with van der Waals surface area (Å²) < 4.78 is 16.9. The number of amides is 1. The van der Waals surface area contributed by atoms with Crippen LogP contribution in [0.2, 0.25) is 0 Å². The first kappa shape index (κ1) is 26.3. The first-order valence-electron chi connectivity index (χ1n) is 12.0. The van der Waals surface area contributed by atoms with Crippen molar-refractivity contribution in [1.29, 1.82) is 0 Å². The minimum Gasteiger partial charge on any atom is -0.507 e. The molecule has 1 atom stereocenters. The Balaban J connectivity index is 2.17. The molecule has 1 heterocycles. The van der Waals surface area contributed by atoms with Crippen LogP contribution in [0.1, 0.15) is 63.3 Å². The third-order valence-corrected chi connectivity index (χ3v) is 5.96. The highest BCUT2D eigenvalue weighted by atomic mass is 16.5. The molecule has 1 unspecified atom stereocenters. The molecule has 0 bridgehead atoms. The van der Waals surface area contributed by atoms with Crippen molar-refractivity contribution in [2.45, 2.75) is 52.7 Å². The molecule has 1 saturated heterocycles. The summed E-state index contributed by atoms with van der Waals surface area (Å²) in [5, 5.41) is 11.4. The summed E-state index contributed by atoms with van der Waals surface area (Å²) in [6.07, 6.45) is -0.0187. The van der Waals surface area contributed by atoms with Crippen molar-refractivity contribution in [2.24, 2.45) is 0 Å². The van der Waals surface area contributed by atoms with Crippen LogP contribution in [0.3, 0.4) is 0 Å². The average Bonchev–Trinajstić information content (AvgIpc) is 3.08. The van der Waals surface area contributed by atoms with E-state index in [9.17, 15) is 14.7 Å². The summed E-state index contributed by atoms with van der Waals surface area (Å²) >= 11 is 0. The van der Waals surface area contributed by atoms with Crippen LogP contribution in [-0.2, 0) is 14.3 Å². The zero-order chi connectivity index (χ0) is 25.7. The van der Waals surface area contributed by atoms with E-state index < -0.39 is 17.7 Å². The van der Waals surface area contributed by atoms with Crippen LogP contribution in [-0.4, -0.2) is 54.7 Å². The fraction of sp³-hybridized carbons (Fsp3) is 0.429. The number of nitrogens with zero attached hydrogens (tertiary/aromatic N) is 1. The second-order valence-electron chi connectivity index (χ2n) is 8.99. The number of Topliss-reactive ketones (excluding diaryl/α,β-unsaturated/α-hetero) is 1. The van der Waals surface area contributed by atoms with Gasteiger partial charge >= 0.3 is 0 Å². The van der Waals surface area contributed by atoms with Gasteiger partial charge in [0.15, 0.2) is 0 Å². The first-order chi connectivity index (χ1) is 16.7. The number of aliphatic hydroxyl groups is 1. The molecular weight excluding hydrogens is 446 g/mol. The lowest BCUT2D eigenvalue weighted by atomic mass is 9.92. The number of carbonyl (C=O) groups is 2. The fourth-order valence-corrected chi connectivity index (χ4v) is 4.30. The van der Waals surface area contributed by atoms with Crippen LogP contribution in [0.4, 0.5) is 0 Å². The quantitative estimate of drug-likeness (QED) is 0.290. The Labute approximate surface area is 207 Å². The van der Waals surface area contributed by atoms with Gasteiger partial charge in [-0.15, -0.1) is 0 Å². The molecule has 0 aromatic heterocycles. The minimum absolute atomic E-state index is 0.0187. The molecule has 35 heavy (non-hydrogen) atoms. The van der Waals surface area contributed by atoms with Gasteiger partial charge in [0.2, 0.25) is 0 Å². The van der Waals surface area contributed by atoms with Gasteiger partial charge in [-0.3, -0.25) is 9.59 Å². The van der Waals surface area contributed by atoms with Gasteiger partial charge in [0, 0.05) is 17.7 Å².